The van der Waals surface area contributed by atoms with Crippen molar-refractivity contribution in [2.75, 3.05) is 5.32 Å². The van der Waals surface area contributed by atoms with Crippen LogP contribution < -0.4 is 11.0 Å². The average Bonchev–Trinajstić information content (AvgIpc) is 2.63. The third kappa shape index (κ3) is 1.76. The van der Waals surface area contributed by atoms with Crippen LogP contribution in [-0.4, -0.2) is 21.3 Å². The van der Waals surface area contributed by atoms with Crippen LogP contribution >= 0.6 is 0 Å². The smallest absolute Gasteiger partial charge is 0.324 e. The van der Waals surface area contributed by atoms with Gasteiger partial charge in [-0.25, -0.2) is 4.79 Å². The third-order valence-electron chi connectivity index (χ3n) is 3.35. The molecular weight excluding hydrogens is 246 g/mol. The molecule has 6 nitrogen and oxygen atoms in total. The number of aryl methyl sites for hydroxylation is 1. The van der Waals surface area contributed by atoms with Crippen molar-refractivity contribution in [1.29, 1.82) is 0 Å². The minimum Gasteiger partial charge on any atom is -0.324 e. The highest BCUT2D eigenvalue weighted by Crippen LogP contribution is 2.24. The Morgan fingerprint density at radius 3 is 2.95 bits per heavy atom. The van der Waals surface area contributed by atoms with Gasteiger partial charge in [0.15, 0.2) is 0 Å². The van der Waals surface area contributed by atoms with Gasteiger partial charge < -0.3 is 10.1 Å². The number of nitrogens with zero attached hydrogens (tertiary/aromatic N) is 2. The van der Waals surface area contributed by atoms with Gasteiger partial charge in [0.1, 0.15) is 6.29 Å². The fourth-order valence-electron chi connectivity index (χ4n) is 2.55. The molecule has 2 aromatic rings. The summed E-state index contributed by atoms with van der Waals surface area (Å²) in [5.41, 5.74) is 1.80. The molecule has 1 aliphatic rings. The third-order valence-corrected chi connectivity index (χ3v) is 3.35. The lowest BCUT2D eigenvalue weighted by Gasteiger charge is -2.12. The van der Waals surface area contributed by atoms with Gasteiger partial charge in [0.2, 0.25) is 5.91 Å². The molecule has 1 aromatic heterocycles. The maximum atomic E-state index is 12.3. The van der Waals surface area contributed by atoms with E-state index < -0.39 is 0 Å². The molecule has 0 radical (unpaired) electrons. The van der Waals surface area contributed by atoms with Crippen molar-refractivity contribution < 1.29 is 9.59 Å². The molecule has 0 aliphatic carbocycles. The summed E-state index contributed by atoms with van der Waals surface area (Å²) < 4.78 is 3.07. The van der Waals surface area contributed by atoms with Crippen LogP contribution in [-0.2, 0) is 22.7 Å². The van der Waals surface area contributed by atoms with Crippen LogP contribution in [0.1, 0.15) is 12.8 Å². The summed E-state index contributed by atoms with van der Waals surface area (Å²) in [4.78, 5) is 34.7. The van der Waals surface area contributed by atoms with Crippen LogP contribution in [0.4, 0.5) is 5.69 Å². The summed E-state index contributed by atoms with van der Waals surface area (Å²) in [5.74, 6) is -0.0469. The highest BCUT2D eigenvalue weighted by atomic mass is 16.2. The van der Waals surface area contributed by atoms with Gasteiger partial charge >= 0.3 is 5.69 Å². The molecule has 0 saturated carbocycles. The number of hydrogen-bond donors (Lipinski definition) is 1. The fraction of sp³-hybridized carbons (Fsp3) is 0.308. The molecule has 0 atom stereocenters. The summed E-state index contributed by atoms with van der Waals surface area (Å²) in [6.07, 6.45) is 1.71. The molecule has 19 heavy (non-hydrogen) atoms. The Morgan fingerprint density at radius 2 is 2.16 bits per heavy atom. The van der Waals surface area contributed by atoms with Gasteiger partial charge in [-0.2, -0.15) is 0 Å². The van der Waals surface area contributed by atoms with E-state index in [2.05, 4.69) is 5.32 Å². The van der Waals surface area contributed by atoms with E-state index in [0.717, 1.165) is 0 Å². The minimum absolute atomic E-state index is 0.0275. The van der Waals surface area contributed by atoms with Gasteiger partial charge in [-0.1, -0.05) is 6.07 Å². The Kier molecular flexibility index (Phi) is 2.70. The number of anilines is 1. The molecule has 1 aromatic carbocycles. The molecule has 3 rings (SSSR count). The van der Waals surface area contributed by atoms with Crippen molar-refractivity contribution in [2.45, 2.75) is 25.9 Å². The minimum atomic E-state index is -0.203. The van der Waals surface area contributed by atoms with Crippen molar-refractivity contribution in [1.82, 2.24) is 9.13 Å². The highest BCUT2D eigenvalue weighted by molar-refractivity contribution is 6.00. The van der Waals surface area contributed by atoms with Gasteiger partial charge in [-0.05, 0) is 18.6 Å². The first-order valence-corrected chi connectivity index (χ1v) is 6.18. The second-order valence-corrected chi connectivity index (χ2v) is 4.54. The number of hydrogen-bond acceptors (Lipinski definition) is 3. The van der Waals surface area contributed by atoms with Crippen molar-refractivity contribution in [3.8, 4) is 0 Å². The summed E-state index contributed by atoms with van der Waals surface area (Å²) in [7, 11) is 0. The lowest BCUT2D eigenvalue weighted by atomic mass is 10.2. The number of aldehydes is 1. The van der Waals surface area contributed by atoms with Crippen molar-refractivity contribution in [2.24, 2.45) is 0 Å². The Bertz CT molecular complexity index is 727. The molecular formula is C13H13N3O3. The van der Waals surface area contributed by atoms with E-state index in [1.165, 1.54) is 4.57 Å². The van der Waals surface area contributed by atoms with E-state index in [1.807, 2.05) is 0 Å². The van der Waals surface area contributed by atoms with E-state index >= 15 is 0 Å². The molecule has 1 aliphatic heterocycles. The maximum absolute atomic E-state index is 12.3. The van der Waals surface area contributed by atoms with E-state index in [-0.39, 0.29) is 18.1 Å². The molecule has 1 N–H and O–H groups in total. The number of aromatic nitrogens is 2. The van der Waals surface area contributed by atoms with Gasteiger partial charge in [0, 0.05) is 13.0 Å². The van der Waals surface area contributed by atoms with Gasteiger partial charge in [0.05, 0.1) is 23.3 Å². The number of para-hydroxylation sites is 1. The fourth-order valence-corrected chi connectivity index (χ4v) is 2.55. The SMILES string of the molecule is O=CCn1c(=O)n2c3c(cccc31)NC(=O)CCC2. The zero-order chi connectivity index (χ0) is 13.4. The molecule has 0 fully saturated rings. The number of benzene rings is 1. The highest BCUT2D eigenvalue weighted by Gasteiger charge is 2.19. The second-order valence-electron chi connectivity index (χ2n) is 4.54. The summed E-state index contributed by atoms with van der Waals surface area (Å²) in [6, 6.07) is 5.32. The number of rotatable bonds is 2. The predicted molar refractivity (Wildman–Crippen MR) is 70.1 cm³/mol. The van der Waals surface area contributed by atoms with E-state index in [4.69, 9.17) is 0 Å². The Labute approximate surface area is 108 Å². The van der Waals surface area contributed by atoms with Crippen molar-refractivity contribution in [3.63, 3.8) is 0 Å². The van der Waals surface area contributed by atoms with Crippen LogP contribution in [0.2, 0.25) is 0 Å². The first-order chi connectivity index (χ1) is 9.22. The van der Waals surface area contributed by atoms with E-state index in [1.54, 1.807) is 22.8 Å². The van der Waals surface area contributed by atoms with Gasteiger partial charge in [0.25, 0.3) is 0 Å². The Morgan fingerprint density at radius 1 is 1.32 bits per heavy atom. The maximum Gasteiger partial charge on any atom is 0.329 e. The van der Waals surface area contributed by atoms with Crippen LogP contribution in [0.15, 0.2) is 23.0 Å². The molecule has 1 amide bonds. The first kappa shape index (κ1) is 11.7. The van der Waals surface area contributed by atoms with Gasteiger partial charge in [-0.3, -0.25) is 13.9 Å². The van der Waals surface area contributed by atoms with Crippen LogP contribution in [0.5, 0.6) is 0 Å². The first-order valence-electron chi connectivity index (χ1n) is 6.18. The number of carbonyl (C=O) groups excluding carboxylic acids is 2. The number of nitrogens with one attached hydrogen (secondary N) is 1. The largest absolute Gasteiger partial charge is 0.329 e. The topological polar surface area (TPSA) is 73.1 Å². The molecule has 2 heterocycles. The monoisotopic (exact) mass is 259 g/mol. The standard InChI is InChI=1S/C13H13N3O3/c17-8-7-15-10-4-1-3-9-12(10)16(13(15)19)6-2-5-11(18)14-9/h1,3-4,8H,2,5-7H2,(H,14,18). The predicted octanol–water partition coefficient (Wildman–Crippen LogP) is 0.734. The summed E-state index contributed by atoms with van der Waals surface area (Å²) in [6.45, 7) is 0.519. The lowest BCUT2D eigenvalue weighted by molar-refractivity contribution is -0.116. The quantitative estimate of drug-likeness (QED) is 0.808. The summed E-state index contributed by atoms with van der Waals surface area (Å²) in [5, 5.41) is 2.81. The lowest BCUT2D eigenvalue weighted by Crippen LogP contribution is -2.26. The average molecular weight is 259 g/mol. The zero-order valence-corrected chi connectivity index (χ0v) is 10.3. The van der Waals surface area contributed by atoms with Crippen molar-refractivity contribution >= 4 is 28.9 Å². The molecule has 6 heteroatoms. The normalized spacial score (nSPS) is 14.8. The molecule has 0 saturated heterocycles. The van der Waals surface area contributed by atoms with Gasteiger partial charge in [-0.15, -0.1) is 0 Å². The number of imidazole rings is 1. The number of carbonyl (C=O) groups is 2. The Hall–Kier alpha value is -2.37. The molecule has 0 spiro atoms. The molecule has 0 bridgehead atoms. The van der Waals surface area contributed by atoms with Crippen LogP contribution in [0.25, 0.3) is 11.0 Å². The van der Waals surface area contributed by atoms with Crippen LogP contribution in [0, 0.1) is 0 Å². The molecule has 98 valence electrons. The van der Waals surface area contributed by atoms with Crippen molar-refractivity contribution in [3.05, 3.63) is 28.7 Å². The summed E-state index contributed by atoms with van der Waals surface area (Å²) >= 11 is 0. The van der Waals surface area contributed by atoms with E-state index in [9.17, 15) is 14.4 Å². The number of amides is 1. The Balaban J connectivity index is 2.36. The molecule has 0 unspecified atom stereocenters. The van der Waals surface area contributed by atoms with E-state index in [0.29, 0.717) is 42.4 Å². The zero-order valence-electron chi connectivity index (χ0n) is 10.3. The second kappa shape index (κ2) is 4.38. The van der Waals surface area contributed by atoms with Crippen LogP contribution in [0.3, 0.4) is 0 Å².